The van der Waals surface area contributed by atoms with Gasteiger partial charge in [0.1, 0.15) is 12.4 Å². The van der Waals surface area contributed by atoms with Crippen molar-refractivity contribution in [3.05, 3.63) is 65.4 Å². The Labute approximate surface area is 177 Å². The van der Waals surface area contributed by atoms with Gasteiger partial charge in [0.05, 0.1) is 32.6 Å². The highest BCUT2D eigenvalue weighted by molar-refractivity contribution is 5.91. The molecular formula is C23H29N4O3+. The molecule has 1 unspecified atom stereocenters. The normalized spacial score (nSPS) is 11.8. The third kappa shape index (κ3) is 5.18. The lowest BCUT2D eigenvalue weighted by atomic mass is 10.2. The fourth-order valence-corrected chi connectivity index (χ4v) is 3.33. The Balaban J connectivity index is 1.65. The Morgan fingerprint density at radius 3 is 2.40 bits per heavy atom. The van der Waals surface area contributed by atoms with Gasteiger partial charge in [-0.05, 0) is 44.2 Å². The van der Waals surface area contributed by atoms with E-state index in [2.05, 4.69) is 10.4 Å². The molecular weight excluding hydrogens is 380 g/mol. The number of ether oxygens (including phenoxy) is 2. The minimum Gasteiger partial charge on any atom is -0.493 e. The molecule has 3 aromatic rings. The molecule has 0 bridgehead atoms. The second-order valence-electron chi connectivity index (χ2n) is 7.47. The maximum absolute atomic E-state index is 12.7. The van der Waals surface area contributed by atoms with Crippen LogP contribution in [0.3, 0.4) is 0 Å². The van der Waals surface area contributed by atoms with E-state index in [1.807, 2.05) is 69.4 Å². The third-order valence-corrected chi connectivity index (χ3v) is 4.79. The van der Waals surface area contributed by atoms with Gasteiger partial charge in [0.25, 0.3) is 5.91 Å². The summed E-state index contributed by atoms with van der Waals surface area (Å²) in [4.78, 5) is 13.7. The van der Waals surface area contributed by atoms with Crippen LogP contribution in [-0.2, 0) is 11.3 Å². The molecule has 7 heteroatoms. The second kappa shape index (κ2) is 9.45. The number of benzene rings is 2. The molecule has 0 aliphatic rings. The molecule has 2 aromatic carbocycles. The summed E-state index contributed by atoms with van der Waals surface area (Å²) in [5.74, 6) is 1.97. The van der Waals surface area contributed by atoms with E-state index in [-0.39, 0.29) is 5.91 Å². The highest BCUT2D eigenvalue weighted by Crippen LogP contribution is 2.27. The average Bonchev–Trinajstić information content (AvgIpc) is 3.08. The SMILES string of the molecule is COc1ccc(C[NH+](C)CC(=O)Nc2cc(C)nn2-c2ccc(C)cc2)cc1OC. The number of nitrogens with one attached hydrogen (secondary N) is 2. The highest BCUT2D eigenvalue weighted by Gasteiger charge is 2.16. The summed E-state index contributed by atoms with van der Waals surface area (Å²) in [5, 5.41) is 7.51. The average molecular weight is 410 g/mol. The van der Waals surface area contributed by atoms with Gasteiger partial charge in [-0.3, -0.25) is 4.79 Å². The maximum atomic E-state index is 12.7. The van der Waals surface area contributed by atoms with E-state index in [9.17, 15) is 4.79 Å². The van der Waals surface area contributed by atoms with Gasteiger partial charge in [0.2, 0.25) is 0 Å². The van der Waals surface area contributed by atoms with Gasteiger partial charge >= 0.3 is 0 Å². The van der Waals surface area contributed by atoms with Gasteiger partial charge in [-0.1, -0.05) is 17.7 Å². The first-order valence-corrected chi connectivity index (χ1v) is 9.85. The fraction of sp³-hybridized carbons (Fsp3) is 0.304. The zero-order valence-electron chi connectivity index (χ0n) is 18.2. The summed E-state index contributed by atoms with van der Waals surface area (Å²) in [5.41, 5.74) is 4.00. The molecule has 1 aromatic heterocycles. The van der Waals surface area contributed by atoms with Crippen LogP contribution < -0.4 is 19.7 Å². The molecule has 0 saturated carbocycles. The molecule has 0 saturated heterocycles. The van der Waals surface area contributed by atoms with Crippen molar-refractivity contribution in [3.63, 3.8) is 0 Å². The van der Waals surface area contributed by atoms with Crippen molar-refractivity contribution in [1.29, 1.82) is 0 Å². The highest BCUT2D eigenvalue weighted by atomic mass is 16.5. The fourth-order valence-electron chi connectivity index (χ4n) is 3.33. The predicted octanol–water partition coefficient (Wildman–Crippen LogP) is 2.16. The van der Waals surface area contributed by atoms with Crippen molar-refractivity contribution >= 4 is 11.7 Å². The Bertz CT molecular complexity index is 1010. The summed E-state index contributed by atoms with van der Waals surface area (Å²) in [6.45, 7) is 4.96. The zero-order chi connectivity index (χ0) is 21.7. The van der Waals surface area contributed by atoms with Gasteiger partial charge < -0.3 is 19.7 Å². The van der Waals surface area contributed by atoms with Crippen molar-refractivity contribution in [1.82, 2.24) is 9.78 Å². The topological polar surface area (TPSA) is 69.8 Å². The Kier molecular flexibility index (Phi) is 6.74. The molecule has 1 amide bonds. The lowest BCUT2D eigenvalue weighted by molar-refractivity contribution is -0.885. The van der Waals surface area contributed by atoms with Gasteiger partial charge in [-0.25, -0.2) is 4.68 Å². The smallest absolute Gasteiger partial charge is 0.280 e. The van der Waals surface area contributed by atoms with E-state index in [0.717, 1.165) is 21.8 Å². The van der Waals surface area contributed by atoms with Crippen LogP contribution in [0.5, 0.6) is 11.5 Å². The lowest BCUT2D eigenvalue weighted by Crippen LogP contribution is -3.08. The lowest BCUT2D eigenvalue weighted by Gasteiger charge is -2.16. The molecule has 7 nitrogen and oxygen atoms in total. The van der Waals surface area contributed by atoms with E-state index in [0.29, 0.717) is 30.4 Å². The summed E-state index contributed by atoms with van der Waals surface area (Å²) in [6, 6.07) is 15.7. The number of carbonyl (C=O) groups is 1. The van der Waals surface area contributed by atoms with Crippen molar-refractivity contribution in [2.75, 3.05) is 33.1 Å². The largest absolute Gasteiger partial charge is 0.493 e. The molecule has 1 atom stereocenters. The van der Waals surface area contributed by atoms with Crippen LogP contribution in [0, 0.1) is 13.8 Å². The van der Waals surface area contributed by atoms with Gasteiger partial charge in [0, 0.05) is 11.6 Å². The molecule has 3 rings (SSSR count). The molecule has 0 aliphatic heterocycles. The van der Waals surface area contributed by atoms with Crippen LogP contribution in [0.4, 0.5) is 5.82 Å². The van der Waals surface area contributed by atoms with Crippen LogP contribution in [0.2, 0.25) is 0 Å². The van der Waals surface area contributed by atoms with Crippen LogP contribution in [0.25, 0.3) is 5.69 Å². The van der Waals surface area contributed by atoms with E-state index in [4.69, 9.17) is 9.47 Å². The summed E-state index contributed by atoms with van der Waals surface area (Å²) in [6.07, 6.45) is 0. The van der Waals surface area contributed by atoms with E-state index < -0.39 is 0 Å². The standard InChI is InChI=1S/C23H28N4O3/c1-16-6-9-19(10-7-16)27-22(12-17(2)25-27)24-23(28)15-26(3)14-18-8-11-20(29-4)21(13-18)30-5/h6-13H,14-15H2,1-5H3,(H,24,28)/p+1. The first kappa shape index (κ1) is 21.4. The Morgan fingerprint density at radius 1 is 1.03 bits per heavy atom. The predicted molar refractivity (Wildman–Crippen MR) is 117 cm³/mol. The number of carbonyl (C=O) groups excluding carboxylic acids is 1. The number of hydrogen-bond acceptors (Lipinski definition) is 4. The molecule has 30 heavy (non-hydrogen) atoms. The summed E-state index contributed by atoms with van der Waals surface area (Å²) < 4.78 is 12.4. The molecule has 0 aliphatic carbocycles. The Morgan fingerprint density at radius 2 is 1.73 bits per heavy atom. The number of aromatic nitrogens is 2. The number of methoxy groups -OCH3 is 2. The van der Waals surface area contributed by atoms with E-state index in [1.165, 1.54) is 5.56 Å². The van der Waals surface area contributed by atoms with Crippen molar-refractivity contribution in [2.24, 2.45) is 0 Å². The van der Waals surface area contributed by atoms with Gasteiger partial charge in [0.15, 0.2) is 18.0 Å². The van der Waals surface area contributed by atoms with Gasteiger partial charge in [-0.15, -0.1) is 0 Å². The number of anilines is 1. The Hall–Kier alpha value is -3.32. The summed E-state index contributed by atoms with van der Waals surface area (Å²) in [7, 11) is 5.21. The van der Waals surface area contributed by atoms with Crippen LogP contribution in [0.15, 0.2) is 48.5 Å². The quantitative estimate of drug-likeness (QED) is 0.598. The van der Waals surface area contributed by atoms with Crippen LogP contribution >= 0.6 is 0 Å². The molecule has 158 valence electrons. The van der Waals surface area contributed by atoms with Crippen molar-refractivity contribution in [2.45, 2.75) is 20.4 Å². The first-order valence-electron chi connectivity index (χ1n) is 9.85. The van der Waals surface area contributed by atoms with E-state index in [1.54, 1.807) is 18.9 Å². The second-order valence-corrected chi connectivity index (χ2v) is 7.47. The number of hydrogen-bond donors (Lipinski definition) is 2. The van der Waals surface area contributed by atoms with Crippen molar-refractivity contribution in [3.8, 4) is 17.2 Å². The molecule has 2 N–H and O–H groups in total. The number of rotatable bonds is 8. The molecule has 0 spiro atoms. The summed E-state index contributed by atoms with van der Waals surface area (Å²) >= 11 is 0. The minimum atomic E-state index is -0.0683. The molecule has 0 radical (unpaired) electrons. The maximum Gasteiger partial charge on any atom is 0.280 e. The third-order valence-electron chi connectivity index (χ3n) is 4.79. The zero-order valence-corrected chi connectivity index (χ0v) is 18.2. The molecule has 0 fully saturated rings. The van der Waals surface area contributed by atoms with Crippen molar-refractivity contribution < 1.29 is 19.2 Å². The monoisotopic (exact) mass is 409 g/mol. The van der Waals surface area contributed by atoms with Crippen LogP contribution in [-0.4, -0.2) is 43.5 Å². The van der Waals surface area contributed by atoms with Gasteiger partial charge in [-0.2, -0.15) is 5.10 Å². The number of likely N-dealkylation sites (N-methyl/N-ethyl adjacent to an activating group) is 1. The number of quaternary nitrogens is 1. The number of aryl methyl sites for hydroxylation is 2. The number of amides is 1. The van der Waals surface area contributed by atoms with E-state index >= 15 is 0 Å². The minimum absolute atomic E-state index is 0.0683. The number of nitrogens with zero attached hydrogens (tertiary/aromatic N) is 2. The molecule has 1 heterocycles. The van der Waals surface area contributed by atoms with Crippen LogP contribution in [0.1, 0.15) is 16.8 Å². The first-order chi connectivity index (χ1) is 14.4.